The number of para-hydroxylation sites is 3. The molecule has 1 aliphatic rings. The van der Waals surface area contributed by atoms with E-state index in [-0.39, 0.29) is 0 Å². The van der Waals surface area contributed by atoms with Crippen molar-refractivity contribution in [3.05, 3.63) is 59.9 Å². The van der Waals surface area contributed by atoms with Crippen molar-refractivity contribution in [1.29, 1.82) is 0 Å². The van der Waals surface area contributed by atoms with E-state index in [0.29, 0.717) is 5.92 Å². The third kappa shape index (κ3) is 1.48. The average Bonchev–Trinajstić information content (AvgIpc) is 3.01. The summed E-state index contributed by atoms with van der Waals surface area (Å²) >= 11 is 0. The molecule has 0 bridgehead atoms. The summed E-state index contributed by atoms with van der Waals surface area (Å²) in [6.45, 7) is 0.927. The van der Waals surface area contributed by atoms with Crippen LogP contribution in [0.2, 0.25) is 0 Å². The molecule has 3 aromatic rings. The Hall–Kier alpha value is -2.29. The number of aryl methyl sites for hydroxylation is 1. The lowest BCUT2D eigenvalue weighted by atomic mass is 10.0. The Morgan fingerprint density at radius 3 is 2.79 bits per heavy atom. The summed E-state index contributed by atoms with van der Waals surface area (Å²) in [4.78, 5) is 4.82. The van der Waals surface area contributed by atoms with Gasteiger partial charge >= 0.3 is 0 Å². The summed E-state index contributed by atoms with van der Waals surface area (Å²) < 4.78 is 2.21. The van der Waals surface area contributed by atoms with E-state index in [1.54, 1.807) is 0 Å². The molecule has 0 fully saturated rings. The minimum Gasteiger partial charge on any atom is -0.384 e. The number of hydrogen-bond donors (Lipinski definition) is 1. The minimum atomic E-state index is 0.341. The second kappa shape index (κ2) is 3.85. The minimum absolute atomic E-state index is 0.341. The highest BCUT2D eigenvalue weighted by Crippen LogP contribution is 2.36. The SMILES string of the molecule is Cn1c(C2CNc3ccccc32)nc2ccccc21. The van der Waals surface area contributed by atoms with Crippen molar-refractivity contribution >= 4 is 16.7 Å². The molecule has 0 saturated heterocycles. The predicted octanol–water partition coefficient (Wildman–Crippen LogP) is 3.13. The Morgan fingerprint density at radius 1 is 1.11 bits per heavy atom. The van der Waals surface area contributed by atoms with Crippen LogP contribution in [-0.4, -0.2) is 16.1 Å². The maximum Gasteiger partial charge on any atom is 0.119 e. The van der Waals surface area contributed by atoms with Crippen molar-refractivity contribution in [2.24, 2.45) is 7.05 Å². The van der Waals surface area contributed by atoms with E-state index >= 15 is 0 Å². The molecular weight excluding hydrogens is 234 g/mol. The molecule has 1 aromatic heterocycles. The van der Waals surface area contributed by atoms with Gasteiger partial charge in [-0.1, -0.05) is 30.3 Å². The van der Waals surface area contributed by atoms with Crippen molar-refractivity contribution in [2.75, 3.05) is 11.9 Å². The van der Waals surface area contributed by atoms with Crippen LogP contribution in [0.4, 0.5) is 5.69 Å². The zero-order valence-corrected chi connectivity index (χ0v) is 10.8. The van der Waals surface area contributed by atoms with E-state index < -0.39 is 0 Å². The zero-order chi connectivity index (χ0) is 12.8. The third-order valence-corrected chi connectivity index (χ3v) is 3.97. The van der Waals surface area contributed by atoms with Crippen molar-refractivity contribution < 1.29 is 0 Å². The quantitative estimate of drug-likeness (QED) is 0.718. The van der Waals surface area contributed by atoms with E-state index in [1.807, 2.05) is 6.07 Å². The van der Waals surface area contributed by atoms with Gasteiger partial charge < -0.3 is 9.88 Å². The number of imidazole rings is 1. The first-order chi connectivity index (χ1) is 9.34. The van der Waals surface area contributed by atoms with Crippen LogP contribution in [0.3, 0.4) is 0 Å². The zero-order valence-electron chi connectivity index (χ0n) is 10.8. The lowest BCUT2D eigenvalue weighted by molar-refractivity contribution is 0.748. The van der Waals surface area contributed by atoms with Gasteiger partial charge in [-0.05, 0) is 23.8 Å². The van der Waals surface area contributed by atoms with Gasteiger partial charge in [0, 0.05) is 19.3 Å². The van der Waals surface area contributed by atoms with Gasteiger partial charge in [-0.15, -0.1) is 0 Å². The van der Waals surface area contributed by atoms with Crippen LogP contribution < -0.4 is 5.32 Å². The Kier molecular flexibility index (Phi) is 2.15. The fourth-order valence-electron chi connectivity index (χ4n) is 2.99. The first kappa shape index (κ1) is 10.6. The maximum absolute atomic E-state index is 4.82. The lowest BCUT2D eigenvalue weighted by Gasteiger charge is -2.10. The fourth-order valence-corrected chi connectivity index (χ4v) is 2.99. The topological polar surface area (TPSA) is 29.9 Å². The largest absolute Gasteiger partial charge is 0.384 e. The molecule has 0 aliphatic carbocycles. The van der Waals surface area contributed by atoms with Gasteiger partial charge in [-0.3, -0.25) is 0 Å². The second-order valence-corrected chi connectivity index (χ2v) is 5.04. The van der Waals surface area contributed by atoms with Crippen LogP contribution in [0, 0.1) is 0 Å². The molecule has 3 nitrogen and oxygen atoms in total. The van der Waals surface area contributed by atoms with Gasteiger partial charge in [-0.25, -0.2) is 4.98 Å². The fraction of sp³-hybridized carbons (Fsp3) is 0.188. The van der Waals surface area contributed by atoms with Gasteiger partial charge in [0.1, 0.15) is 5.82 Å². The smallest absolute Gasteiger partial charge is 0.119 e. The highest BCUT2D eigenvalue weighted by molar-refractivity contribution is 5.76. The first-order valence-electron chi connectivity index (χ1n) is 6.59. The molecular formula is C16H15N3. The summed E-state index contributed by atoms with van der Waals surface area (Å²) in [6, 6.07) is 16.8. The number of fused-ring (bicyclic) bond motifs is 2. The monoisotopic (exact) mass is 249 g/mol. The molecule has 2 heterocycles. The van der Waals surface area contributed by atoms with E-state index in [1.165, 1.54) is 16.8 Å². The molecule has 1 aliphatic heterocycles. The number of aromatic nitrogens is 2. The number of nitrogens with zero attached hydrogens (tertiary/aromatic N) is 2. The molecule has 0 radical (unpaired) electrons. The first-order valence-corrected chi connectivity index (χ1v) is 6.59. The average molecular weight is 249 g/mol. The van der Waals surface area contributed by atoms with Gasteiger partial charge in [0.05, 0.1) is 17.0 Å². The highest BCUT2D eigenvalue weighted by Gasteiger charge is 2.27. The number of nitrogens with one attached hydrogen (secondary N) is 1. The number of benzene rings is 2. The van der Waals surface area contributed by atoms with Crippen LogP contribution in [0.5, 0.6) is 0 Å². The standard InChI is InChI=1S/C16H15N3/c1-19-15-9-5-4-8-14(15)18-16(19)12-10-17-13-7-3-2-6-11(12)13/h2-9,12,17H,10H2,1H3. The Morgan fingerprint density at radius 2 is 1.89 bits per heavy atom. The van der Waals surface area contributed by atoms with E-state index in [4.69, 9.17) is 4.98 Å². The van der Waals surface area contributed by atoms with Crippen molar-refractivity contribution in [3.8, 4) is 0 Å². The van der Waals surface area contributed by atoms with Crippen molar-refractivity contribution in [1.82, 2.24) is 9.55 Å². The molecule has 3 heteroatoms. The molecule has 0 spiro atoms. The summed E-state index contributed by atoms with van der Waals surface area (Å²) in [5.41, 5.74) is 4.85. The van der Waals surface area contributed by atoms with Crippen LogP contribution in [0.1, 0.15) is 17.3 Å². The van der Waals surface area contributed by atoms with Crippen LogP contribution in [-0.2, 0) is 7.05 Å². The Bertz CT molecular complexity index is 758. The van der Waals surface area contributed by atoms with Crippen LogP contribution >= 0.6 is 0 Å². The second-order valence-electron chi connectivity index (χ2n) is 5.04. The molecule has 19 heavy (non-hydrogen) atoms. The van der Waals surface area contributed by atoms with Crippen molar-refractivity contribution in [2.45, 2.75) is 5.92 Å². The molecule has 94 valence electrons. The molecule has 1 N–H and O–H groups in total. The lowest BCUT2D eigenvalue weighted by Crippen LogP contribution is -2.09. The Balaban J connectivity index is 1.90. The number of rotatable bonds is 1. The summed E-state index contributed by atoms with van der Waals surface area (Å²) in [6.07, 6.45) is 0. The summed E-state index contributed by atoms with van der Waals surface area (Å²) in [5, 5.41) is 3.47. The summed E-state index contributed by atoms with van der Waals surface area (Å²) in [5.74, 6) is 1.48. The maximum atomic E-state index is 4.82. The number of anilines is 1. The highest BCUT2D eigenvalue weighted by atomic mass is 15.1. The van der Waals surface area contributed by atoms with E-state index in [9.17, 15) is 0 Å². The molecule has 2 aromatic carbocycles. The van der Waals surface area contributed by atoms with Gasteiger partial charge in [0.25, 0.3) is 0 Å². The van der Waals surface area contributed by atoms with Crippen molar-refractivity contribution in [3.63, 3.8) is 0 Å². The van der Waals surface area contributed by atoms with Crippen LogP contribution in [0.15, 0.2) is 48.5 Å². The van der Waals surface area contributed by atoms with Gasteiger partial charge in [0.15, 0.2) is 0 Å². The molecule has 0 saturated carbocycles. The molecule has 0 amide bonds. The molecule has 1 atom stereocenters. The van der Waals surface area contributed by atoms with E-state index in [2.05, 4.69) is 59.4 Å². The molecule has 1 unspecified atom stereocenters. The normalized spacial score (nSPS) is 17.4. The third-order valence-electron chi connectivity index (χ3n) is 3.97. The summed E-state index contributed by atoms with van der Waals surface area (Å²) in [7, 11) is 2.10. The Labute approximate surface area is 111 Å². The molecule has 4 rings (SSSR count). The van der Waals surface area contributed by atoms with E-state index in [0.717, 1.165) is 17.9 Å². The predicted molar refractivity (Wildman–Crippen MR) is 77.5 cm³/mol. The van der Waals surface area contributed by atoms with Crippen LogP contribution in [0.25, 0.3) is 11.0 Å². The van der Waals surface area contributed by atoms with Gasteiger partial charge in [-0.2, -0.15) is 0 Å². The van der Waals surface area contributed by atoms with Gasteiger partial charge in [0.2, 0.25) is 0 Å². The number of hydrogen-bond acceptors (Lipinski definition) is 2.